The molecule has 0 radical (unpaired) electrons. The Labute approximate surface area is 165 Å². The van der Waals surface area contributed by atoms with E-state index in [2.05, 4.69) is 5.32 Å². The zero-order valence-electron chi connectivity index (χ0n) is 16.0. The summed E-state index contributed by atoms with van der Waals surface area (Å²) in [5, 5.41) is 2.24. The Morgan fingerprint density at radius 2 is 1.43 bits per heavy atom. The fourth-order valence-electron chi connectivity index (χ4n) is 3.07. The van der Waals surface area contributed by atoms with Gasteiger partial charge in [0.1, 0.15) is 0 Å². The fourth-order valence-corrected chi connectivity index (χ4v) is 4.13. The van der Waals surface area contributed by atoms with E-state index in [1.165, 1.54) is 24.3 Å². The van der Waals surface area contributed by atoms with Gasteiger partial charge in [0.2, 0.25) is 0 Å². The summed E-state index contributed by atoms with van der Waals surface area (Å²) in [5.74, 6) is -0.329. The van der Waals surface area contributed by atoms with E-state index >= 15 is 0 Å². The van der Waals surface area contributed by atoms with Crippen LogP contribution in [0.4, 0.5) is 5.69 Å². The standard InChI is InChI=1S/C21H24N2O4S/c1-15(2)28(26,27)19-11-7-16(8-12-19)20(24)22-18-9-5-17(6-10-18)21(25)23-13-3-4-14-23/h5-12,15H,3-4,13-14H2,1-2H3,(H,22,24). The molecule has 0 aromatic heterocycles. The molecule has 7 heteroatoms. The maximum absolute atomic E-state index is 12.4. The van der Waals surface area contributed by atoms with Crippen LogP contribution in [0.5, 0.6) is 0 Å². The SMILES string of the molecule is CC(C)S(=O)(=O)c1ccc(C(=O)Nc2ccc(C(=O)N3CCCC3)cc2)cc1. The van der Waals surface area contributed by atoms with Crippen molar-refractivity contribution in [2.45, 2.75) is 36.8 Å². The van der Waals surface area contributed by atoms with Crippen molar-refractivity contribution in [3.8, 4) is 0 Å². The van der Waals surface area contributed by atoms with Crippen LogP contribution in [-0.4, -0.2) is 43.5 Å². The van der Waals surface area contributed by atoms with Crippen LogP contribution < -0.4 is 5.32 Å². The zero-order valence-corrected chi connectivity index (χ0v) is 16.8. The normalized spacial score (nSPS) is 14.3. The molecule has 1 aliphatic heterocycles. The highest BCUT2D eigenvalue weighted by molar-refractivity contribution is 7.92. The maximum atomic E-state index is 12.4. The Kier molecular flexibility index (Phi) is 5.84. The topological polar surface area (TPSA) is 83.5 Å². The van der Waals surface area contributed by atoms with Crippen LogP contribution in [0.25, 0.3) is 0 Å². The van der Waals surface area contributed by atoms with Crippen LogP contribution in [0, 0.1) is 0 Å². The van der Waals surface area contributed by atoms with Crippen LogP contribution in [-0.2, 0) is 9.84 Å². The second kappa shape index (κ2) is 8.14. The summed E-state index contributed by atoms with van der Waals surface area (Å²) in [5.41, 5.74) is 1.53. The van der Waals surface area contributed by atoms with E-state index in [1.54, 1.807) is 38.1 Å². The molecule has 1 heterocycles. The van der Waals surface area contributed by atoms with Gasteiger partial charge in [-0.3, -0.25) is 9.59 Å². The predicted octanol–water partition coefficient (Wildman–Crippen LogP) is 3.36. The Hall–Kier alpha value is -2.67. The van der Waals surface area contributed by atoms with Crippen LogP contribution in [0.15, 0.2) is 53.4 Å². The van der Waals surface area contributed by atoms with Crippen molar-refractivity contribution in [1.82, 2.24) is 4.90 Å². The summed E-state index contributed by atoms with van der Waals surface area (Å²) in [4.78, 5) is 26.8. The average Bonchev–Trinajstić information content (AvgIpc) is 3.23. The lowest BCUT2D eigenvalue weighted by Gasteiger charge is -2.15. The lowest BCUT2D eigenvalue weighted by atomic mass is 10.1. The predicted molar refractivity (Wildman–Crippen MR) is 108 cm³/mol. The van der Waals surface area contributed by atoms with Gasteiger partial charge < -0.3 is 10.2 Å². The first-order valence-electron chi connectivity index (χ1n) is 9.33. The van der Waals surface area contributed by atoms with Gasteiger partial charge in [-0.25, -0.2) is 8.42 Å². The molecule has 1 N–H and O–H groups in total. The molecule has 0 spiro atoms. The number of carbonyl (C=O) groups is 2. The van der Waals surface area contributed by atoms with Crippen LogP contribution >= 0.6 is 0 Å². The minimum Gasteiger partial charge on any atom is -0.339 e. The molecule has 0 atom stereocenters. The fraction of sp³-hybridized carbons (Fsp3) is 0.333. The lowest BCUT2D eigenvalue weighted by molar-refractivity contribution is 0.0792. The summed E-state index contributed by atoms with van der Waals surface area (Å²) in [6, 6.07) is 12.7. The first-order chi connectivity index (χ1) is 13.3. The molecule has 0 bridgehead atoms. The Morgan fingerprint density at radius 3 is 1.96 bits per heavy atom. The third-order valence-electron chi connectivity index (χ3n) is 4.85. The van der Waals surface area contributed by atoms with Gasteiger partial charge >= 0.3 is 0 Å². The first kappa shape index (κ1) is 20.1. The molecule has 6 nitrogen and oxygen atoms in total. The van der Waals surface area contributed by atoms with Gasteiger partial charge in [0.15, 0.2) is 9.84 Å². The van der Waals surface area contributed by atoms with Crippen molar-refractivity contribution in [1.29, 1.82) is 0 Å². The number of anilines is 1. The number of hydrogen-bond acceptors (Lipinski definition) is 4. The summed E-state index contributed by atoms with van der Waals surface area (Å²) in [6.07, 6.45) is 2.08. The number of benzene rings is 2. The van der Waals surface area contributed by atoms with Gasteiger partial charge in [-0.2, -0.15) is 0 Å². The molecule has 28 heavy (non-hydrogen) atoms. The highest BCUT2D eigenvalue weighted by Gasteiger charge is 2.20. The zero-order chi connectivity index (χ0) is 20.3. The monoisotopic (exact) mass is 400 g/mol. The van der Waals surface area contributed by atoms with E-state index in [9.17, 15) is 18.0 Å². The average molecular weight is 401 g/mol. The molecular formula is C21H24N2O4S. The smallest absolute Gasteiger partial charge is 0.255 e. The Balaban J connectivity index is 1.67. The molecule has 2 aromatic carbocycles. The number of carbonyl (C=O) groups excluding carboxylic acids is 2. The van der Waals surface area contributed by atoms with Crippen molar-refractivity contribution in [2.24, 2.45) is 0 Å². The second-order valence-electron chi connectivity index (χ2n) is 7.15. The van der Waals surface area contributed by atoms with Gasteiger partial charge in [-0.1, -0.05) is 0 Å². The van der Waals surface area contributed by atoms with Gasteiger partial charge in [0.25, 0.3) is 11.8 Å². The second-order valence-corrected chi connectivity index (χ2v) is 9.65. The minimum atomic E-state index is -3.37. The first-order valence-corrected chi connectivity index (χ1v) is 10.9. The largest absolute Gasteiger partial charge is 0.339 e. The van der Waals surface area contributed by atoms with Crippen molar-refractivity contribution in [3.05, 3.63) is 59.7 Å². The van der Waals surface area contributed by atoms with E-state index < -0.39 is 15.1 Å². The molecule has 2 aromatic rings. The van der Waals surface area contributed by atoms with E-state index in [0.29, 0.717) is 16.8 Å². The molecule has 3 rings (SSSR count). The number of nitrogens with one attached hydrogen (secondary N) is 1. The number of sulfone groups is 1. The van der Waals surface area contributed by atoms with Gasteiger partial charge in [0.05, 0.1) is 10.1 Å². The van der Waals surface area contributed by atoms with E-state index in [1.807, 2.05) is 4.90 Å². The van der Waals surface area contributed by atoms with Crippen molar-refractivity contribution in [3.63, 3.8) is 0 Å². The summed E-state index contributed by atoms with van der Waals surface area (Å²) in [6.45, 7) is 4.82. The Morgan fingerprint density at radius 1 is 0.893 bits per heavy atom. The summed E-state index contributed by atoms with van der Waals surface area (Å²) >= 11 is 0. The summed E-state index contributed by atoms with van der Waals surface area (Å²) in [7, 11) is -3.37. The van der Waals surface area contributed by atoms with Crippen LogP contribution in [0.2, 0.25) is 0 Å². The molecular weight excluding hydrogens is 376 g/mol. The molecule has 2 amide bonds. The third-order valence-corrected chi connectivity index (χ3v) is 7.02. The van der Waals surface area contributed by atoms with Gasteiger partial charge in [-0.15, -0.1) is 0 Å². The Bertz CT molecular complexity index is 958. The van der Waals surface area contributed by atoms with Crippen LogP contribution in [0.3, 0.4) is 0 Å². The van der Waals surface area contributed by atoms with E-state index in [-0.39, 0.29) is 16.7 Å². The van der Waals surface area contributed by atoms with Crippen molar-refractivity contribution < 1.29 is 18.0 Å². The van der Waals surface area contributed by atoms with Crippen molar-refractivity contribution in [2.75, 3.05) is 18.4 Å². The highest BCUT2D eigenvalue weighted by atomic mass is 32.2. The molecule has 1 aliphatic rings. The quantitative estimate of drug-likeness (QED) is 0.834. The number of nitrogens with zero attached hydrogens (tertiary/aromatic N) is 1. The van der Waals surface area contributed by atoms with Crippen molar-refractivity contribution >= 4 is 27.3 Å². The molecule has 0 unspecified atom stereocenters. The van der Waals surface area contributed by atoms with E-state index in [4.69, 9.17) is 0 Å². The van der Waals surface area contributed by atoms with Gasteiger partial charge in [-0.05, 0) is 75.2 Å². The number of hydrogen-bond donors (Lipinski definition) is 1. The number of rotatable bonds is 5. The molecule has 1 fully saturated rings. The van der Waals surface area contributed by atoms with Gasteiger partial charge in [0, 0.05) is 29.9 Å². The third kappa shape index (κ3) is 4.25. The molecule has 148 valence electrons. The summed E-state index contributed by atoms with van der Waals surface area (Å²) < 4.78 is 24.3. The molecule has 1 saturated heterocycles. The highest BCUT2D eigenvalue weighted by Crippen LogP contribution is 2.18. The van der Waals surface area contributed by atoms with E-state index in [0.717, 1.165) is 25.9 Å². The number of likely N-dealkylation sites (tertiary alicyclic amines) is 1. The lowest BCUT2D eigenvalue weighted by Crippen LogP contribution is -2.27. The minimum absolute atomic E-state index is 0.0114. The number of amides is 2. The molecule has 0 aliphatic carbocycles. The van der Waals surface area contributed by atoms with Crippen LogP contribution in [0.1, 0.15) is 47.4 Å². The molecule has 0 saturated carbocycles. The maximum Gasteiger partial charge on any atom is 0.255 e.